The van der Waals surface area contributed by atoms with Gasteiger partial charge in [0.1, 0.15) is 5.03 Å². The van der Waals surface area contributed by atoms with Crippen molar-refractivity contribution in [3.8, 4) is 11.8 Å². The van der Waals surface area contributed by atoms with Gasteiger partial charge in [-0.05, 0) is 35.8 Å². The maximum atomic E-state index is 11.8. The van der Waals surface area contributed by atoms with Gasteiger partial charge in [0, 0.05) is 43.5 Å². The van der Waals surface area contributed by atoms with Gasteiger partial charge >= 0.3 is 5.97 Å². The molecule has 8 nitrogen and oxygen atoms in total. The number of aromatic hydroxyl groups is 2. The van der Waals surface area contributed by atoms with E-state index in [0.717, 1.165) is 17.9 Å². The zero-order valence-electron chi connectivity index (χ0n) is 15.2. The second-order valence-electron chi connectivity index (χ2n) is 5.79. The lowest BCUT2D eigenvalue weighted by Crippen LogP contribution is -2.24. The summed E-state index contributed by atoms with van der Waals surface area (Å²) in [5.41, 5.74) is 0. The summed E-state index contributed by atoms with van der Waals surface area (Å²) in [6.07, 6.45) is 4.45. The minimum atomic E-state index is -0.548. The molecule has 0 saturated heterocycles. The normalized spacial score (nSPS) is 10.6. The number of nitrogens with one attached hydrogen (secondary N) is 1. The lowest BCUT2D eigenvalue weighted by molar-refractivity contribution is -0.145. The molecule has 2 rings (SSSR count). The Labute approximate surface area is 171 Å². The molecule has 2 aromatic heterocycles. The molecule has 28 heavy (non-hydrogen) atoms. The maximum Gasteiger partial charge on any atom is 0.333 e. The molecule has 0 fully saturated rings. The third-order valence-electron chi connectivity index (χ3n) is 3.57. The summed E-state index contributed by atoms with van der Waals surface area (Å²) in [4.78, 5) is 32.5. The summed E-state index contributed by atoms with van der Waals surface area (Å²) < 4.78 is 0.673. The van der Waals surface area contributed by atoms with Gasteiger partial charge in [-0.3, -0.25) is 4.79 Å². The zero-order valence-corrected chi connectivity index (χ0v) is 16.9. The van der Waals surface area contributed by atoms with Gasteiger partial charge in [-0.1, -0.05) is 23.3 Å². The Bertz CT molecular complexity index is 735. The highest BCUT2D eigenvalue weighted by molar-refractivity contribution is 8.76. The van der Waals surface area contributed by atoms with E-state index in [9.17, 15) is 19.8 Å². The minimum absolute atomic E-state index is 0.00656. The molecule has 10 heteroatoms. The van der Waals surface area contributed by atoms with Crippen molar-refractivity contribution in [3.05, 3.63) is 36.5 Å². The summed E-state index contributed by atoms with van der Waals surface area (Å²) in [5, 5.41) is 22.6. The summed E-state index contributed by atoms with van der Waals surface area (Å²) in [6, 6.07) is 8.17. The highest BCUT2D eigenvalue weighted by atomic mass is 33.1. The molecule has 0 aliphatic heterocycles. The summed E-state index contributed by atoms with van der Waals surface area (Å²) in [7, 11) is 3.14. The number of rotatable bonds is 12. The van der Waals surface area contributed by atoms with E-state index in [1.165, 1.54) is 12.1 Å². The van der Waals surface area contributed by atoms with Crippen LogP contribution in [-0.2, 0) is 9.59 Å². The van der Waals surface area contributed by atoms with E-state index in [2.05, 4.69) is 10.3 Å². The quantitative estimate of drug-likeness (QED) is 0.351. The van der Waals surface area contributed by atoms with Crippen molar-refractivity contribution in [1.29, 1.82) is 0 Å². The monoisotopic (exact) mass is 425 g/mol. The van der Waals surface area contributed by atoms with Gasteiger partial charge in [0.2, 0.25) is 17.7 Å². The van der Waals surface area contributed by atoms with Crippen molar-refractivity contribution in [3.63, 3.8) is 0 Å². The van der Waals surface area contributed by atoms with Crippen molar-refractivity contribution in [1.82, 2.24) is 15.0 Å². The molecule has 0 atom stereocenters. The van der Waals surface area contributed by atoms with Crippen LogP contribution < -0.4 is 10.2 Å². The minimum Gasteiger partial charge on any atom is -0.492 e. The molecule has 2 heterocycles. The van der Waals surface area contributed by atoms with E-state index in [-0.39, 0.29) is 24.1 Å². The van der Waals surface area contributed by atoms with Crippen molar-refractivity contribution in [2.75, 3.05) is 12.3 Å². The number of nitrogens with zero attached hydrogens (tertiary/aromatic N) is 2. The standard InChI is InChI=1S/C18H23N3O5S2/c22-14(10-13-27-28-15-6-3-5-12-20-15)19-11-4-1-2-7-18(25)26-21-16(23)8-9-17(21)24/h3,5-6,8-9,12,23-24H,1-2,4,7,10-11,13H2,(H,19,22). The molecule has 0 unspecified atom stereocenters. The van der Waals surface area contributed by atoms with E-state index in [1.54, 1.807) is 27.8 Å². The zero-order chi connectivity index (χ0) is 20.2. The number of pyridine rings is 1. The Morgan fingerprint density at radius 3 is 2.57 bits per heavy atom. The first-order chi connectivity index (χ1) is 13.6. The average molecular weight is 426 g/mol. The van der Waals surface area contributed by atoms with Crippen LogP contribution in [0.25, 0.3) is 0 Å². The van der Waals surface area contributed by atoms with Crippen LogP contribution in [0.3, 0.4) is 0 Å². The van der Waals surface area contributed by atoms with Gasteiger partial charge in [0.25, 0.3) is 0 Å². The lowest BCUT2D eigenvalue weighted by atomic mass is 10.2. The van der Waals surface area contributed by atoms with Crippen molar-refractivity contribution in [2.45, 2.75) is 37.1 Å². The predicted molar refractivity (Wildman–Crippen MR) is 108 cm³/mol. The maximum absolute atomic E-state index is 11.8. The first-order valence-corrected chi connectivity index (χ1v) is 11.2. The van der Waals surface area contributed by atoms with Crippen LogP contribution in [0.5, 0.6) is 11.8 Å². The molecule has 0 aliphatic rings. The molecule has 1 amide bonds. The number of aromatic nitrogens is 2. The number of carbonyl (C=O) groups excluding carboxylic acids is 2. The third-order valence-corrected chi connectivity index (χ3v) is 5.83. The Morgan fingerprint density at radius 1 is 1.07 bits per heavy atom. The Hall–Kier alpha value is -2.33. The van der Waals surface area contributed by atoms with E-state index < -0.39 is 5.97 Å². The summed E-state index contributed by atoms with van der Waals surface area (Å²) in [6.45, 7) is 0.561. The van der Waals surface area contributed by atoms with Gasteiger partial charge < -0.3 is 20.4 Å². The number of unbranched alkanes of at least 4 members (excludes halogenated alkanes) is 2. The van der Waals surface area contributed by atoms with Crippen LogP contribution in [0, 0.1) is 0 Å². The molecular weight excluding hydrogens is 402 g/mol. The van der Waals surface area contributed by atoms with E-state index in [4.69, 9.17) is 4.84 Å². The summed E-state index contributed by atoms with van der Waals surface area (Å²) in [5.74, 6) is -0.520. The van der Waals surface area contributed by atoms with Crippen molar-refractivity contribution >= 4 is 33.5 Å². The molecule has 2 aromatic rings. The fraction of sp³-hybridized carbons (Fsp3) is 0.389. The van der Waals surface area contributed by atoms with Gasteiger partial charge in [-0.15, -0.1) is 4.73 Å². The fourth-order valence-electron chi connectivity index (χ4n) is 2.16. The molecule has 152 valence electrons. The third kappa shape index (κ3) is 8.13. The van der Waals surface area contributed by atoms with Gasteiger partial charge in [0.15, 0.2) is 0 Å². The second kappa shape index (κ2) is 12.2. The molecule has 0 aromatic carbocycles. The average Bonchev–Trinajstić information content (AvgIpc) is 3.00. The van der Waals surface area contributed by atoms with Crippen LogP contribution in [0.4, 0.5) is 0 Å². The smallest absolute Gasteiger partial charge is 0.333 e. The first kappa shape index (κ1) is 22.0. The number of carbonyl (C=O) groups is 2. The largest absolute Gasteiger partial charge is 0.492 e. The van der Waals surface area contributed by atoms with E-state index in [1.807, 2.05) is 18.2 Å². The van der Waals surface area contributed by atoms with E-state index >= 15 is 0 Å². The predicted octanol–water partition coefficient (Wildman–Crippen LogP) is 2.76. The number of hydrogen-bond donors (Lipinski definition) is 3. The topological polar surface area (TPSA) is 114 Å². The lowest BCUT2D eigenvalue weighted by Gasteiger charge is -2.07. The molecule has 0 spiro atoms. The molecular formula is C18H23N3O5S2. The molecule has 3 N–H and O–H groups in total. The van der Waals surface area contributed by atoms with Crippen LogP contribution in [-0.4, -0.2) is 44.1 Å². The van der Waals surface area contributed by atoms with Crippen molar-refractivity contribution < 1.29 is 24.6 Å². The van der Waals surface area contributed by atoms with Crippen LogP contribution in [0.2, 0.25) is 0 Å². The highest BCUT2D eigenvalue weighted by Crippen LogP contribution is 2.29. The summed E-state index contributed by atoms with van der Waals surface area (Å²) >= 11 is 0. The molecule has 0 saturated carbocycles. The Kier molecular flexibility index (Phi) is 9.56. The van der Waals surface area contributed by atoms with Crippen LogP contribution >= 0.6 is 21.6 Å². The van der Waals surface area contributed by atoms with Crippen LogP contribution in [0.15, 0.2) is 41.6 Å². The molecule has 0 bridgehead atoms. The van der Waals surface area contributed by atoms with E-state index in [0.29, 0.717) is 29.9 Å². The van der Waals surface area contributed by atoms with Crippen molar-refractivity contribution in [2.24, 2.45) is 0 Å². The number of amides is 1. The first-order valence-electron chi connectivity index (χ1n) is 8.84. The van der Waals surface area contributed by atoms with Crippen LogP contribution in [0.1, 0.15) is 32.1 Å². The number of hydrogen-bond acceptors (Lipinski definition) is 8. The Balaban J connectivity index is 1.45. The van der Waals surface area contributed by atoms with Gasteiger partial charge in [-0.25, -0.2) is 9.78 Å². The molecule has 0 radical (unpaired) electrons. The highest BCUT2D eigenvalue weighted by Gasteiger charge is 2.11. The van der Waals surface area contributed by atoms with Gasteiger partial charge in [-0.2, -0.15) is 0 Å². The van der Waals surface area contributed by atoms with Gasteiger partial charge in [0.05, 0.1) is 0 Å². The second-order valence-corrected chi connectivity index (χ2v) is 8.23. The molecule has 0 aliphatic carbocycles. The Morgan fingerprint density at radius 2 is 1.86 bits per heavy atom. The SMILES string of the molecule is O=C(CCSSc1ccccn1)NCCCCCC(=O)On1c(O)ccc1O. The fourth-order valence-corrected chi connectivity index (χ4v) is 4.03.